The average molecular weight is 403 g/mol. The van der Waals surface area contributed by atoms with Gasteiger partial charge in [-0.2, -0.15) is 0 Å². The summed E-state index contributed by atoms with van der Waals surface area (Å²) < 4.78 is 2.41. The summed E-state index contributed by atoms with van der Waals surface area (Å²) in [6.45, 7) is 7.78. The van der Waals surface area contributed by atoms with Crippen LogP contribution >= 0.6 is 11.8 Å². The Morgan fingerprint density at radius 1 is 0.897 bits per heavy atom. The lowest BCUT2D eigenvalue weighted by Gasteiger charge is -2.16. The number of fused-ring (bicyclic) bond motifs is 2. The lowest BCUT2D eigenvalue weighted by molar-refractivity contribution is 0.403. The van der Waals surface area contributed by atoms with E-state index in [4.69, 9.17) is 0 Å². The van der Waals surface area contributed by atoms with Crippen molar-refractivity contribution in [1.29, 1.82) is 0 Å². The van der Waals surface area contributed by atoms with Crippen LogP contribution in [-0.2, 0) is 19.3 Å². The zero-order chi connectivity index (χ0) is 20.7. The standard InChI is InChI=1S/C26H30N2S/c1-17-13-24-26(23(18(17)2)15-27(4)5)19(3)25(28(24)6)16-29-22-12-11-20-9-7-8-10-21(20)14-22/h7-14H,15-16H2,1-6H3. The van der Waals surface area contributed by atoms with Crippen LogP contribution in [-0.4, -0.2) is 23.6 Å². The molecule has 2 nitrogen and oxygen atoms in total. The largest absolute Gasteiger partial charge is 0.347 e. The maximum absolute atomic E-state index is 2.41. The van der Waals surface area contributed by atoms with Crippen molar-refractivity contribution >= 4 is 33.4 Å². The summed E-state index contributed by atoms with van der Waals surface area (Å²) >= 11 is 1.93. The van der Waals surface area contributed by atoms with E-state index >= 15 is 0 Å². The minimum absolute atomic E-state index is 0.978. The van der Waals surface area contributed by atoms with Gasteiger partial charge in [0, 0.05) is 40.8 Å². The maximum atomic E-state index is 2.41. The minimum atomic E-state index is 0.978. The number of nitrogens with zero attached hydrogens (tertiary/aromatic N) is 2. The van der Waals surface area contributed by atoms with Crippen LogP contribution in [0.3, 0.4) is 0 Å². The fourth-order valence-electron chi connectivity index (χ4n) is 4.32. The van der Waals surface area contributed by atoms with Gasteiger partial charge in [0.1, 0.15) is 0 Å². The predicted octanol–water partition coefficient (Wildman–Crippen LogP) is 6.61. The van der Waals surface area contributed by atoms with Gasteiger partial charge in [0.15, 0.2) is 0 Å². The predicted molar refractivity (Wildman–Crippen MR) is 128 cm³/mol. The van der Waals surface area contributed by atoms with Crippen LogP contribution in [0.4, 0.5) is 0 Å². The van der Waals surface area contributed by atoms with Crippen molar-refractivity contribution in [2.75, 3.05) is 14.1 Å². The van der Waals surface area contributed by atoms with E-state index in [2.05, 4.69) is 99.9 Å². The number of hydrogen-bond donors (Lipinski definition) is 0. The van der Waals surface area contributed by atoms with E-state index in [0.29, 0.717) is 0 Å². The third-order valence-electron chi connectivity index (χ3n) is 6.10. The molecule has 0 saturated carbocycles. The first-order chi connectivity index (χ1) is 13.9. The first kappa shape index (κ1) is 20.1. The number of benzene rings is 3. The van der Waals surface area contributed by atoms with Crippen LogP contribution in [0.15, 0.2) is 53.4 Å². The second-order valence-corrected chi connectivity index (χ2v) is 9.41. The number of rotatable bonds is 5. The summed E-state index contributed by atoms with van der Waals surface area (Å²) in [6, 6.07) is 17.7. The van der Waals surface area contributed by atoms with Crippen LogP contribution in [0, 0.1) is 20.8 Å². The summed E-state index contributed by atoms with van der Waals surface area (Å²) in [5.74, 6) is 0.981. The topological polar surface area (TPSA) is 8.17 Å². The van der Waals surface area contributed by atoms with Gasteiger partial charge in [-0.15, -0.1) is 11.8 Å². The van der Waals surface area contributed by atoms with Crippen molar-refractivity contribution in [3.63, 3.8) is 0 Å². The summed E-state index contributed by atoms with van der Waals surface area (Å²) in [4.78, 5) is 3.60. The van der Waals surface area contributed by atoms with E-state index in [0.717, 1.165) is 12.3 Å². The minimum Gasteiger partial charge on any atom is -0.347 e. The van der Waals surface area contributed by atoms with Crippen molar-refractivity contribution in [2.45, 2.75) is 38.0 Å². The quantitative estimate of drug-likeness (QED) is 0.347. The summed E-state index contributed by atoms with van der Waals surface area (Å²) in [7, 11) is 6.53. The van der Waals surface area contributed by atoms with Crippen molar-refractivity contribution in [3.05, 3.63) is 76.5 Å². The Morgan fingerprint density at radius 2 is 1.62 bits per heavy atom. The van der Waals surface area contributed by atoms with Crippen LogP contribution in [0.1, 0.15) is 27.9 Å². The molecular formula is C26H30N2S. The molecule has 0 aliphatic heterocycles. The molecule has 1 aromatic heterocycles. The van der Waals surface area contributed by atoms with E-state index in [1.807, 2.05) is 11.8 Å². The Kier molecular flexibility index (Phi) is 5.46. The lowest BCUT2D eigenvalue weighted by atomic mass is 9.96. The highest BCUT2D eigenvalue weighted by Crippen LogP contribution is 2.35. The molecule has 3 aromatic carbocycles. The third-order valence-corrected chi connectivity index (χ3v) is 7.11. The molecule has 0 spiro atoms. The fourth-order valence-corrected chi connectivity index (χ4v) is 5.41. The van der Waals surface area contributed by atoms with Crippen molar-refractivity contribution < 1.29 is 0 Å². The molecular weight excluding hydrogens is 372 g/mol. The number of hydrogen-bond acceptors (Lipinski definition) is 2. The smallest absolute Gasteiger partial charge is 0.0489 e. The highest BCUT2D eigenvalue weighted by molar-refractivity contribution is 7.98. The molecule has 0 aliphatic rings. The SMILES string of the molecule is Cc1cc2c(c(C)c(CSc3ccc4ccccc4c3)n2C)c(CN(C)C)c1C. The number of aryl methyl sites for hydroxylation is 3. The molecule has 0 unspecified atom stereocenters. The van der Waals surface area contributed by atoms with Crippen LogP contribution < -0.4 is 0 Å². The summed E-state index contributed by atoms with van der Waals surface area (Å²) in [5, 5.41) is 4.06. The van der Waals surface area contributed by atoms with Gasteiger partial charge in [-0.05, 0) is 86.1 Å². The Labute approximate surface area is 178 Å². The van der Waals surface area contributed by atoms with Gasteiger partial charge in [0.2, 0.25) is 0 Å². The average Bonchev–Trinajstić information content (AvgIpc) is 2.93. The Balaban J connectivity index is 1.73. The van der Waals surface area contributed by atoms with E-state index in [1.54, 1.807) is 0 Å². The lowest BCUT2D eigenvalue weighted by Crippen LogP contribution is -2.12. The van der Waals surface area contributed by atoms with Crippen molar-refractivity contribution in [3.8, 4) is 0 Å². The summed E-state index contributed by atoms with van der Waals surface area (Å²) in [5.41, 5.74) is 8.48. The normalized spacial score (nSPS) is 11.8. The molecule has 1 heterocycles. The van der Waals surface area contributed by atoms with Gasteiger partial charge in [0.25, 0.3) is 0 Å². The van der Waals surface area contributed by atoms with E-state index in [9.17, 15) is 0 Å². The summed E-state index contributed by atoms with van der Waals surface area (Å²) in [6.07, 6.45) is 0. The Bertz CT molecular complexity index is 1200. The molecule has 4 aromatic rings. The van der Waals surface area contributed by atoms with Gasteiger partial charge in [-0.3, -0.25) is 0 Å². The van der Waals surface area contributed by atoms with Crippen LogP contribution in [0.5, 0.6) is 0 Å². The molecule has 150 valence electrons. The first-order valence-corrected chi connectivity index (χ1v) is 11.2. The fraction of sp³-hybridized carbons (Fsp3) is 0.308. The van der Waals surface area contributed by atoms with Crippen LogP contribution in [0.25, 0.3) is 21.7 Å². The molecule has 0 saturated heterocycles. The Hall–Kier alpha value is -2.23. The molecule has 0 amide bonds. The van der Waals surface area contributed by atoms with Gasteiger partial charge in [-0.25, -0.2) is 0 Å². The monoisotopic (exact) mass is 402 g/mol. The second-order valence-electron chi connectivity index (χ2n) is 8.36. The molecule has 29 heavy (non-hydrogen) atoms. The molecule has 0 radical (unpaired) electrons. The number of thioether (sulfide) groups is 1. The van der Waals surface area contributed by atoms with Gasteiger partial charge in [-0.1, -0.05) is 30.3 Å². The second kappa shape index (κ2) is 7.89. The molecule has 0 atom stereocenters. The third kappa shape index (κ3) is 3.70. The van der Waals surface area contributed by atoms with Gasteiger partial charge < -0.3 is 9.47 Å². The van der Waals surface area contributed by atoms with Crippen molar-refractivity contribution in [2.24, 2.45) is 7.05 Å². The highest BCUT2D eigenvalue weighted by atomic mass is 32.2. The molecule has 0 N–H and O–H groups in total. The number of aromatic nitrogens is 1. The van der Waals surface area contributed by atoms with Crippen molar-refractivity contribution in [1.82, 2.24) is 9.47 Å². The maximum Gasteiger partial charge on any atom is 0.0489 e. The molecule has 0 bridgehead atoms. The van der Waals surface area contributed by atoms with E-state index in [-0.39, 0.29) is 0 Å². The zero-order valence-corrected chi connectivity index (χ0v) is 19.2. The Morgan fingerprint density at radius 3 is 2.34 bits per heavy atom. The molecule has 3 heteroatoms. The molecule has 0 fully saturated rings. The molecule has 0 aliphatic carbocycles. The zero-order valence-electron chi connectivity index (χ0n) is 18.3. The van der Waals surface area contributed by atoms with Gasteiger partial charge >= 0.3 is 0 Å². The van der Waals surface area contributed by atoms with E-state index in [1.165, 1.54) is 54.5 Å². The first-order valence-electron chi connectivity index (χ1n) is 10.2. The van der Waals surface area contributed by atoms with E-state index < -0.39 is 0 Å². The molecule has 4 rings (SSSR count). The highest BCUT2D eigenvalue weighted by Gasteiger charge is 2.18. The van der Waals surface area contributed by atoms with Gasteiger partial charge in [0.05, 0.1) is 0 Å². The van der Waals surface area contributed by atoms with Crippen LogP contribution in [0.2, 0.25) is 0 Å².